The molecule has 0 amide bonds. The third kappa shape index (κ3) is 4.82. The number of fused-ring (bicyclic) bond motifs is 1. The van der Waals surface area contributed by atoms with Gasteiger partial charge in [-0.2, -0.15) is 0 Å². The molecule has 1 fully saturated rings. The second-order valence-electron chi connectivity index (χ2n) is 8.85. The van der Waals surface area contributed by atoms with Crippen molar-refractivity contribution in [2.24, 2.45) is 10.9 Å². The number of nitrogen functional groups attached to an aromatic ring is 1. The molecule has 4 rings (SSSR count). The van der Waals surface area contributed by atoms with E-state index in [1.54, 1.807) is 20.0 Å². The van der Waals surface area contributed by atoms with Gasteiger partial charge in [-0.1, -0.05) is 6.08 Å². The second-order valence-corrected chi connectivity index (χ2v) is 8.85. The number of hydrogen-bond acceptors (Lipinski definition) is 7. The number of halogens is 4. The van der Waals surface area contributed by atoms with Crippen molar-refractivity contribution in [1.82, 2.24) is 10.2 Å². The molecule has 190 valence electrons. The smallest absolute Gasteiger partial charge is 0.296 e. The molecule has 35 heavy (non-hydrogen) atoms. The summed E-state index contributed by atoms with van der Waals surface area (Å²) in [5.74, 6) is -5.71. The van der Waals surface area contributed by atoms with Crippen molar-refractivity contribution in [3.05, 3.63) is 53.0 Å². The normalized spacial score (nSPS) is 26.5. The lowest BCUT2D eigenvalue weighted by atomic mass is 9.94. The zero-order chi connectivity index (χ0) is 25.5. The summed E-state index contributed by atoms with van der Waals surface area (Å²) in [5.41, 5.74) is 6.93. The summed E-state index contributed by atoms with van der Waals surface area (Å²) in [7, 11) is 4.36. The maximum absolute atomic E-state index is 15.2. The average molecular weight is 497 g/mol. The van der Waals surface area contributed by atoms with Crippen molar-refractivity contribution in [1.29, 1.82) is 0 Å². The minimum Gasteiger partial charge on any atom is -0.497 e. The number of nitrogens with zero attached hydrogens (tertiary/aromatic N) is 2. The molecular weight excluding hydrogens is 468 g/mol. The SMILES string of the molecule is C/N=C(/OC1=C(F)C2C=C(C)NC2C(F)=C1)c1c(N)cc(OC)cc1O[C@@H]1CCN(C)CC1(F)F. The number of ether oxygens (including phenoxy) is 3. The third-order valence-electron chi connectivity index (χ3n) is 6.23. The van der Waals surface area contributed by atoms with Gasteiger partial charge >= 0.3 is 0 Å². The highest BCUT2D eigenvalue weighted by atomic mass is 19.3. The van der Waals surface area contributed by atoms with Crippen LogP contribution >= 0.6 is 0 Å². The highest BCUT2D eigenvalue weighted by Crippen LogP contribution is 2.40. The first-order valence-electron chi connectivity index (χ1n) is 11.1. The number of piperidine rings is 1. The summed E-state index contributed by atoms with van der Waals surface area (Å²) in [4.78, 5) is 5.56. The fourth-order valence-corrected chi connectivity index (χ4v) is 4.49. The molecule has 2 unspecified atom stereocenters. The van der Waals surface area contributed by atoms with Gasteiger partial charge in [0.25, 0.3) is 5.92 Å². The Balaban J connectivity index is 1.70. The number of allylic oxidation sites excluding steroid dienone is 2. The molecule has 3 N–H and O–H groups in total. The van der Waals surface area contributed by atoms with Crippen LogP contribution < -0.4 is 20.5 Å². The van der Waals surface area contributed by atoms with Crippen molar-refractivity contribution in [3.8, 4) is 11.5 Å². The highest BCUT2D eigenvalue weighted by molar-refractivity contribution is 6.02. The minimum atomic E-state index is -3.13. The van der Waals surface area contributed by atoms with Gasteiger partial charge < -0.3 is 30.2 Å². The maximum Gasteiger partial charge on any atom is 0.296 e. The molecular formula is C24H28F4N4O3. The fraction of sp³-hybridized carbons (Fsp3) is 0.458. The number of hydrogen-bond donors (Lipinski definition) is 2. The Morgan fingerprint density at radius 1 is 1.29 bits per heavy atom. The molecule has 0 spiro atoms. The lowest BCUT2D eigenvalue weighted by molar-refractivity contribution is -0.135. The van der Waals surface area contributed by atoms with Crippen LogP contribution in [0.1, 0.15) is 18.9 Å². The Morgan fingerprint density at radius 3 is 2.69 bits per heavy atom. The van der Waals surface area contributed by atoms with Gasteiger partial charge in [0.1, 0.15) is 22.9 Å². The number of nitrogens with two attached hydrogens (primary N) is 1. The van der Waals surface area contributed by atoms with Crippen molar-refractivity contribution in [2.75, 3.05) is 40.0 Å². The van der Waals surface area contributed by atoms with Crippen molar-refractivity contribution < 1.29 is 31.8 Å². The van der Waals surface area contributed by atoms with Gasteiger partial charge in [-0.25, -0.2) is 17.6 Å². The summed E-state index contributed by atoms with van der Waals surface area (Å²) in [6.07, 6.45) is 1.13. The predicted molar refractivity (Wildman–Crippen MR) is 124 cm³/mol. The van der Waals surface area contributed by atoms with Crippen LogP contribution in [-0.4, -0.2) is 63.2 Å². The first-order valence-corrected chi connectivity index (χ1v) is 11.1. The van der Waals surface area contributed by atoms with Gasteiger partial charge in [0.15, 0.2) is 17.7 Å². The molecule has 1 aromatic carbocycles. The Bertz CT molecular complexity index is 1130. The number of methoxy groups -OCH3 is 1. The lowest BCUT2D eigenvalue weighted by Gasteiger charge is -2.36. The number of anilines is 1. The second kappa shape index (κ2) is 9.44. The molecule has 3 atom stereocenters. The molecule has 1 saturated heterocycles. The fourth-order valence-electron chi connectivity index (χ4n) is 4.49. The van der Waals surface area contributed by atoms with Crippen LogP contribution in [0.25, 0.3) is 0 Å². The van der Waals surface area contributed by atoms with E-state index in [9.17, 15) is 13.2 Å². The molecule has 7 nitrogen and oxygen atoms in total. The Labute approximate surface area is 200 Å². The Hall–Kier alpha value is -3.21. The number of rotatable bonds is 5. The molecule has 1 aromatic rings. The molecule has 0 aromatic heterocycles. The number of benzene rings is 1. The van der Waals surface area contributed by atoms with Crippen molar-refractivity contribution in [3.63, 3.8) is 0 Å². The summed E-state index contributed by atoms with van der Waals surface area (Å²) in [5, 5.41) is 2.87. The first kappa shape index (κ1) is 24.9. The van der Waals surface area contributed by atoms with Crippen LogP contribution in [0.2, 0.25) is 0 Å². The zero-order valence-electron chi connectivity index (χ0n) is 19.9. The third-order valence-corrected chi connectivity index (χ3v) is 6.23. The molecule has 0 saturated carbocycles. The van der Waals surface area contributed by atoms with E-state index in [0.717, 1.165) is 6.08 Å². The van der Waals surface area contributed by atoms with Gasteiger partial charge in [0, 0.05) is 43.9 Å². The summed E-state index contributed by atoms with van der Waals surface area (Å²) in [6.45, 7) is 1.65. The van der Waals surface area contributed by atoms with E-state index in [-0.39, 0.29) is 40.8 Å². The quantitative estimate of drug-likeness (QED) is 0.278. The van der Waals surface area contributed by atoms with Gasteiger partial charge in [0.05, 0.1) is 31.3 Å². The van der Waals surface area contributed by atoms with Crippen molar-refractivity contribution in [2.45, 2.75) is 31.4 Å². The molecule has 1 aliphatic carbocycles. The van der Waals surface area contributed by atoms with Crippen LogP contribution in [0.4, 0.5) is 23.2 Å². The van der Waals surface area contributed by atoms with Gasteiger partial charge in [-0.15, -0.1) is 0 Å². The molecule has 11 heteroatoms. The van der Waals surface area contributed by atoms with E-state index in [1.165, 1.54) is 31.2 Å². The topological polar surface area (TPSA) is 81.3 Å². The Kier molecular flexibility index (Phi) is 6.72. The number of nitrogens with one attached hydrogen (secondary N) is 1. The van der Waals surface area contributed by atoms with Crippen LogP contribution in [-0.2, 0) is 4.74 Å². The minimum absolute atomic E-state index is 0.0375. The van der Waals surface area contributed by atoms with E-state index in [4.69, 9.17) is 19.9 Å². The van der Waals surface area contributed by atoms with Crippen molar-refractivity contribution >= 4 is 11.6 Å². The van der Waals surface area contributed by atoms with E-state index in [2.05, 4.69) is 10.3 Å². The van der Waals surface area contributed by atoms with E-state index in [0.29, 0.717) is 12.2 Å². The Morgan fingerprint density at radius 2 is 2.03 bits per heavy atom. The van der Waals surface area contributed by atoms with Crippen LogP contribution in [0.3, 0.4) is 0 Å². The van der Waals surface area contributed by atoms with Gasteiger partial charge in [0.2, 0.25) is 5.90 Å². The summed E-state index contributed by atoms with van der Waals surface area (Å²) in [6, 6.07) is 1.98. The molecule has 0 radical (unpaired) electrons. The van der Waals surface area contributed by atoms with E-state index < -0.39 is 42.2 Å². The lowest BCUT2D eigenvalue weighted by Crippen LogP contribution is -2.52. The van der Waals surface area contributed by atoms with Crippen LogP contribution in [0.15, 0.2) is 52.4 Å². The van der Waals surface area contributed by atoms with Crippen LogP contribution in [0.5, 0.6) is 11.5 Å². The highest BCUT2D eigenvalue weighted by Gasteiger charge is 2.46. The predicted octanol–water partition coefficient (Wildman–Crippen LogP) is 3.93. The van der Waals surface area contributed by atoms with Gasteiger partial charge in [-0.3, -0.25) is 4.99 Å². The maximum atomic E-state index is 15.2. The summed E-state index contributed by atoms with van der Waals surface area (Å²) >= 11 is 0. The van der Waals surface area contributed by atoms with E-state index in [1.807, 2.05) is 0 Å². The molecule has 3 aliphatic rings. The average Bonchev–Trinajstić information content (AvgIpc) is 3.19. The standard InChI is InChI=1S/C24H28F4N4O3/c1-12-7-14-21(26)18(10-15(25)22(14)31-12)35-23(30-2)20-16(29)8-13(33-4)9-17(20)34-19-5-6-32(3)11-24(19,27)28/h7-10,14,19,22,31H,5-6,11,29H2,1-4H3/b30-23+/t14?,19-,22?/m1/s1. The zero-order valence-corrected chi connectivity index (χ0v) is 19.9. The first-order chi connectivity index (χ1) is 16.5. The molecule has 2 heterocycles. The number of alkyl halides is 2. The number of likely N-dealkylation sites (tertiary alicyclic amines) is 1. The number of aliphatic imine (C=N–C) groups is 1. The van der Waals surface area contributed by atoms with Crippen LogP contribution in [0, 0.1) is 5.92 Å². The molecule has 0 bridgehead atoms. The van der Waals surface area contributed by atoms with E-state index >= 15 is 4.39 Å². The molecule has 2 aliphatic heterocycles. The summed E-state index contributed by atoms with van der Waals surface area (Å²) < 4.78 is 76.0. The van der Waals surface area contributed by atoms with Gasteiger partial charge in [-0.05, 0) is 14.0 Å². The largest absolute Gasteiger partial charge is 0.497 e. The monoisotopic (exact) mass is 496 g/mol.